The first-order valence-electron chi connectivity index (χ1n) is 13.1. The summed E-state index contributed by atoms with van der Waals surface area (Å²) < 4.78 is 51.9. The molecule has 0 saturated heterocycles. The summed E-state index contributed by atoms with van der Waals surface area (Å²) in [5.74, 6) is 0.00827. The minimum Gasteiger partial charge on any atom is -0.546 e. The van der Waals surface area contributed by atoms with Crippen LogP contribution in [-0.4, -0.2) is 51.7 Å². The number of ether oxygens (including phenoxy) is 2. The molecule has 0 unspecified atom stereocenters. The molecule has 214 valence electrons. The van der Waals surface area contributed by atoms with Gasteiger partial charge in [0.15, 0.2) is 14.6 Å². The van der Waals surface area contributed by atoms with Crippen molar-refractivity contribution in [3.63, 3.8) is 0 Å². The van der Waals surface area contributed by atoms with E-state index >= 15 is 0 Å². The Kier molecular flexibility index (Phi) is 11.5. The molecule has 0 aliphatic rings. The quantitative estimate of drug-likeness (QED) is 0.146. The SMILES string of the molecule is COC(OC)[C@H](O[Si](C)(C)C(C)(C)C)[C@H](C)[C@@H](C)/C(=C/S(=O)(=O)c1ccccc1)O[Si](C)(C)C(C)(C)C. The van der Waals surface area contributed by atoms with E-state index in [1.54, 1.807) is 44.6 Å². The molecule has 0 radical (unpaired) electrons. The third-order valence-electron chi connectivity index (χ3n) is 8.25. The van der Waals surface area contributed by atoms with E-state index in [1.807, 2.05) is 6.92 Å². The maximum Gasteiger partial charge on any atom is 0.250 e. The van der Waals surface area contributed by atoms with Gasteiger partial charge in [0.05, 0.1) is 22.2 Å². The largest absolute Gasteiger partial charge is 0.546 e. The van der Waals surface area contributed by atoms with Gasteiger partial charge in [-0.05, 0) is 54.3 Å². The summed E-state index contributed by atoms with van der Waals surface area (Å²) >= 11 is 0. The fourth-order valence-electron chi connectivity index (χ4n) is 3.34. The predicted molar refractivity (Wildman–Crippen MR) is 158 cm³/mol. The van der Waals surface area contributed by atoms with Gasteiger partial charge in [0.1, 0.15) is 0 Å². The van der Waals surface area contributed by atoms with Crippen LogP contribution in [0.15, 0.2) is 46.4 Å². The lowest BCUT2D eigenvalue weighted by atomic mass is 9.89. The van der Waals surface area contributed by atoms with Gasteiger partial charge in [0.25, 0.3) is 0 Å². The molecule has 1 aromatic carbocycles. The monoisotopic (exact) mass is 572 g/mol. The van der Waals surface area contributed by atoms with Gasteiger partial charge in [-0.1, -0.05) is 73.6 Å². The standard InChI is InChI=1S/C28H52O6SSi2/c1-21(22(2)25(26(31-9)32-10)34-37(13,14)28(6,7)8)24(33-36(11,12)27(3,4)5)20-35(29,30)23-18-16-15-17-19-23/h15-22,25-26H,1-14H3/b24-20-/t21-,22-,25-/m1/s1. The number of methoxy groups -OCH3 is 2. The summed E-state index contributed by atoms with van der Waals surface area (Å²) in [5.41, 5.74) is 0. The van der Waals surface area contributed by atoms with Crippen LogP contribution >= 0.6 is 0 Å². The Balaban J connectivity index is 3.66. The Morgan fingerprint density at radius 3 is 1.70 bits per heavy atom. The van der Waals surface area contributed by atoms with Crippen LogP contribution in [0.2, 0.25) is 36.3 Å². The molecule has 1 rings (SSSR count). The van der Waals surface area contributed by atoms with Crippen molar-refractivity contribution in [3.8, 4) is 0 Å². The van der Waals surface area contributed by atoms with E-state index in [0.29, 0.717) is 5.76 Å². The van der Waals surface area contributed by atoms with Gasteiger partial charge in [-0.2, -0.15) is 0 Å². The van der Waals surface area contributed by atoms with Crippen LogP contribution in [0.4, 0.5) is 0 Å². The number of sulfone groups is 1. The molecule has 0 aliphatic heterocycles. The van der Waals surface area contributed by atoms with E-state index in [9.17, 15) is 8.42 Å². The highest BCUT2D eigenvalue weighted by Gasteiger charge is 2.45. The van der Waals surface area contributed by atoms with E-state index in [1.165, 1.54) is 5.41 Å². The molecular formula is C28H52O6SSi2. The zero-order valence-corrected chi connectivity index (χ0v) is 28.4. The molecule has 0 aromatic heterocycles. The Morgan fingerprint density at radius 1 is 0.838 bits per heavy atom. The number of rotatable bonds is 12. The second-order valence-corrected chi connectivity index (χ2v) is 24.3. The molecule has 0 saturated carbocycles. The normalized spacial score (nSPS) is 17.0. The van der Waals surface area contributed by atoms with Crippen molar-refractivity contribution >= 4 is 26.5 Å². The van der Waals surface area contributed by atoms with Crippen LogP contribution in [0.5, 0.6) is 0 Å². The van der Waals surface area contributed by atoms with Crippen LogP contribution < -0.4 is 0 Å². The molecular weight excluding hydrogens is 521 g/mol. The lowest BCUT2D eigenvalue weighted by molar-refractivity contribution is -0.175. The zero-order valence-electron chi connectivity index (χ0n) is 25.6. The molecule has 0 heterocycles. The third-order valence-corrected chi connectivity index (χ3v) is 18.6. The van der Waals surface area contributed by atoms with E-state index in [2.05, 4.69) is 74.7 Å². The average Bonchev–Trinajstić information content (AvgIpc) is 2.76. The summed E-state index contributed by atoms with van der Waals surface area (Å²) in [7, 11) is -5.09. The van der Waals surface area contributed by atoms with Crippen LogP contribution in [0.25, 0.3) is 0 Å². The first kappa shape index (κ1) is 34.1. The van der Waals surface area contributed by atoms with Crippen molar-refractivity contribution in [2.24, 2.45) is 11.8 Å². The lowest BCUT2D eigenvalue weighted by Gasteiger charge is -2.44. The number of hydrogen-bond acceptors (Lipinski definition) is 6. The minimum absolute atomic E-state index is 0.0206. The maximum atomic E-state index is 13.5. The highest BCUT2D eigenvalue weighted by Crippen LogP contribution is 2.43. The van der Waals surface area contributed by atoms with Crippen molar-refractivity contribution in [2.75, 3.05) is 14.2 Å². The van der Waals surface area contributed by atoms with E-state index in [0.717, 1.165) is 0 Å². The van der Waals surface area contributed by atoms with Crippen LogP contribution in [-0.2, 0) is 28.2 Å². The van der Waals surface area contributed by atoms with Gasteiger partial charge in [-0.15, -0.1) is 0 Å². The Morgan fingerprint density at radius 2 is 1.30 bits per heavy atom. The van der Waals surface area contributed by atoms with E-state index in [-0.39, 0.29) is 26.8 Å². The van der Waals surface area contributed by atoms with Crippen LogP contribution in [0.1, 0.15) is 55.4 Å². The Hall–Kier alpha value is -0.976. The van der Waals surface area contributed by atoms with Gasteiger partial charge in [0, 0.05) is 20.1 Å². The molecule has 3 atom stereocenters. The predicted octanol–water partition coefficient (Wildman–Crippen LogP) is 7.61. The fourth-order valence-corrected chi connectivity index (χ4v) is 7.17. The minimum atomic E-state index is -3.73. The van der Waals surface area contributed by atoms with Crippen LogP contribution in [0, 0.1) is 11.8 Å². The van der Waals surface area contributed by atoms with Crippen molar-refractivity contribution in [3.05, 3.63) is 41.5 Å². The van der Waals surface area contributed by atoms with Gasteiger partial charge in [-0.3, -0.25) is 0 Å². The highest BCUT2D eigenvalue weighted by atomic mass is 32.2. The first-order chi connectivity index (χ1) is 16.6. The van der Waals surface area contributed by atoms with Crippen molar-refractivity contribution in [1.29, 1.82) is 0 Å². The maximum absolute atomic E-state index is 13.5. The summed E-state index contributed by atoms with van der Waals surface area (Å²) in [6.45, 7) is 25.7. The van der Waals surface area contributed by atoms with Gasteiger partial charge in [0.2, 0.25) is 18.2 Å². The summed E-state index contributed by atoms with van der Waals surface area (Å²) in [6, 6.07) is 8.48. The van der Waals surface area contributed by atoms with E-state index in [4.69, 9.17) is 18.3 Å². The van der Waals surface area contributed by atoms with Gasteiger partial charge in [-0.25, -0.2) is 8.42 Å². The fraction of sp³-hybridized carbons (Fsp3) is 0.714. The second kappa shape index (κ2) is 12.5. The zero-order chi connectivity index (χ0) is 29.0. The summed E-state index contributed by atoms with van der Waals surface area (Å²) in [6.07, 6.45) is -1.02. The average molecular weight is 573 g/mol. The topological polar surface area (TPSA) is 71.1 Å². The highest BCUT2D eigenvalue weighted by molar-refractivity contribution is 7.94. The molecule has 0 amide bonds. The smallest absolute Gasteiger partial charge is 0.250 e. The van der Waals surface area contributed by atoms with Crippen molar-refractivity contribution < 1.29 is 26.7 Å². The molecule has 37 heavy (non-hydrogen) atoms. The van der Waals surface area contributed by atoms with Crippen LogP contribution in [0.3, 0.4) is 0 Å². The number of allylic oxidation sites excluding steroid dienone is 1. The number of hydrogen-bond donors (Lipinski definition) is 0. The van der Waals surface area contributed by atoms with E-state index < -0.39 is 38.9 Å². The molecule has 0 spiro atoms. The van der Waals surface area contributed by atoms with Gasteiger partial charge >= 0.3 is 0 Å². The third kappa shape index (κ3) is 8.76. The van der Waals surface area contributed by atoms with Gasteiger partial charge < -0.3 is 18.3 Å². The first-order valence-corrected chi connectivity index (χ1v) is 20.4. The molecule has 0 aliphatic carbocycles. The summed E-state index contributed by atoms with van der Waals surface area (Å²) in [5, 5.41) is 1.19. The Bertz CT molecular complexity index is 988. The second-order valence-electron chi connectivity index (χ2n) is 13.1. The molecule has 0 N–H and O–H groups in total. The number of benzene rings is 1. The van der Waals surface area contributed by atoms with Crippen molar-refractivity contribution in [2.45, 2.75) is 109 Å². The molecule has 9 heteroatoms. The molecule has 1 aromatic rings. The lowest BCUT2D eigenvalue weighted by Crippen LogP contribution is -2.51. The molecule has 0 bridgehead atoms. The molecule has 0 fully saturated rings. The summed E-state index contributed by atoms with van der Waals surface area (Å²) in [4.78, 5) is 0.243. The van der Waals surface area contributed by atoms with Crippen molar-refractivity contribution in [1.82, 2.24) is 0 Å². The Labute approximate surface area is 229 Å². The molecule has 6 nitrogen and oxygen atoms in total.